The average molecular weight is 382 g/mol. The molecule has 27 heavy (non-hydrogen) atoms. The van der Waals surface area contributed by atoms with Gasteiger partial charge < -0.3 is 14.8 Å². The Hall–Kier alpha value is -3.19. The van der Waals surface area contributed by atoms with Crippen LogP contribution in [0.2, 0.25) is 0 Å². The number of para-hydroxylation sites is 1. The molecule has 0 aliphatic rings. The summed E-state index contributed by atoms with van der Waals surface area (Å²) < 4.78 is 10.2. The van der Waals surface area contributed by atoms with Crippen molar-refractivity contribution in [2.75, 3.05) is 19.0 Å². The fourth-order valence-corrected chi connectivity index (χ4v) is 3.20. The number of nitrogens with zero attached hydrogens (tertiary/aromatic N) is 1. The maximum Gasteiger partial charge on any atom is 0.339 e. The molecule has 0 unspecified atom stereocenters. The second-order valence-electron chi connectivity index (χ2n) is 5.69. The number of benzene rings is 2. The van der Waals surface area contributed by atoms with E-state index in [4.69, 9.17) is 9.47 Å². The molecular weight excluding hydrogens is 364 g/mol. The van der Waals surface area contributed by atoms with Gasteiger partial charge in [-0.25, -0.2) is 9.78 Å². The summed E-state index contributed by atoms with van der Waals surface area (Å²) in [5, 5.41) is 5.60. The highest BCUT2D eigenvalue weighted by atomic mass is 32.1. The first-order valence-electron chi connectivity index (χ1n) is 8.19. The molecule has 1 heterocycles. The first-order valence-corrected chi connectivity index (χ1v) is 9.07. The van der Waals surface area contributed by atoms with Crippen molar-refractivity contribution in [2.45, 2.75) is 6.92 Å². The van der Waals surface area contributed by atoms with Crippen molar-refractivity contribution in [3.8, 4) is 16.3 Å². The van der Waals surface area contributed by atoms with Crippen molar-refractivity contribution < 1.29 is 19.1 Å². The predicted molar refractivity (Wildman–Crippen MR) is 104 cm³/mol. The molecule has 3 aromatic rings. The number of aryl methyl sites for hydroxylation is 1. The Morgan fingerprint density at radius 1 is 1.11 bits per heavy atom. The number of hydrogen-bond donors (Lipinski definition) is 1. The minimum absolute atomic E-state index is 0.175. The van der Waals surface area contributed by atoms with Crippen molar-refractivity contribution in [1.29, 1.82) is 0 Å². The Balaban J connectivity index is 1.59. The molecule has 0 saturated carbocycles. The molecule has 6 nitrogen and oxygen atoms in total. The molecule has 0 fully saturated rings. The van der Waals surface area contributed by atoms with E-state index in [1.165, 1.54) is 7.11 Å². The molecule has 1 amide bonds. The molecule has 0 radical (unpaired) electrons. The normalized spacial score (nSPS) is 10.3. The summed E-state index contributed by atoms with van der Waals surface area (Å²) in [6.45, 7) is 1.78. The fraction of sp³-hybridized carbons (Fsp3) is 0.150. The Morgan fingerprint density at radius 2 is 1.85 bits per heavy atom. The van der Waals surface area contributed by atoms with Gasteiger partial charge in [-0.1, -0.05) is 12.1 Å². The van der Waals surface area contributed by atoms with E-state index in [0.29, 0.717) is 11.4 Å². The van der Waals surface area contributed by atoms with Crippen LogP contribution in [-0.4, -0.2) is 30.6 Å². The highest BCUT2D eigenvalue weighted by molar-refractivity contribution is 7.13. The van der Waals surface area contributed by atoms with Crippen LogP contribution >= 0.6 is 11.3 Å². The summed E-state index contributed by atoms with van der Waals surface area (Å²) in [6, 6.07) is 14.0. The van der Waals surface area contributed by atoms with Gasteiger partial charge in [-0.2, -0.15) is 0 Å². The molecule has 0 spiro atoms. The zero-order valence-electron chi connectivity index (χ0n) is 14.9. The minimum atomic E-state index is -0.514. The van der Waals surface area contributed by atoms with Gasteiger partial charge in [0.1, 0.15) is 10.8 Å². The predicted octanol–water partition coefficient (Wildman–Crippen LogP) is 3.92. The number of carbonyl (C=O) groups excluding carboxylic acids is 2. The maximum absolute atomic E-state index is 12.1. The first-order chi connectivity index (χ1) is 13.1. The van der Waals surface area contributed by atoms with E-state index in [0.717, 1.165) is 16.3 Å². The summed E-state index contributed by atoms with van der Waals surface area (Å²) in [6.07, 6.45) is 0. The molecule has 138 valence electrons. The van der Waals surface area contributed by atoms with Crippen LogP contribution < -0.4 is 10.1 Å². The lowest BCUT2D eigenvalue weighted by Crippen LogP contribution is -2.21. The zero-order chi connectivity index (χ0) is 19.2. The minimum Gasteiger partial charge on any atom is -0.484 e. The lowest BCUT2D eigenvalue weighted by atomic mass is 10.2. The smallest absolute Gasteiger partial charge is 0.339 e. The van der Waals surface area contributed by atoms with Crippen LogP contribution in [0.25, 0.3) is 10.6 Å². The van der Waals surface area contributed by atoms with Gasteiger partial charge in [0.15, 0.2) is 6.61 Å². The molecule has 2 aromatic carbocycles. The lowest BCUT2D eigenvalue weighted by molar-refractivity contribution is -0.118. The Morgan fingerprint density at radius 3 is 2.52 bits per heavy atom. The Labute approximate surface area is 160 Å². The largest absolute Gasteiger partial charge is 0.484 e. The first kappa shape index (κ1) is 18.6. The van der Waals surface area contributed by atoms with E-state index in [1.807, 2.05) is 24.4 Å². The molecule has 7 heteroatoms. The Bertz CT molecular complexity index is 951. The van der Waals surface area contributed by atoms with Crippen molar-refractivity contribution >= 4 is 28.9 Å². The SMILES string of the molecule is COC(=O)c1ccccc1NC(=O)COc1ccc(-c2nc(C)cs2)cc1. The third-order valence-corrected chi connectivity index (χ3v) is 4.71. The zero-order valence-corrected chi connectivity index (χ0v) is 15.7. The lowest BCUT2D eigenvalue weighted by Gasteiger charge is -2.10. The number of aromatic nitrogens is 1. The number of ether oxygens (including phenoxy) is 2. The molecule has 1 aromatic heterocycles. The average Bonchev–Trinajstić information content (AvgIpc) is 3.13. The van der Waals surface area contributed by atoms with Crippen molar-refractivity contribution in [3.05, 3.63) is 65.2 Å². The molecule has 0 saturated heterocycles. The van der Waals surface area contributed by atoms with Gasteiger partial charge in [0.25, 0.3) is 5.91 Å². The van der Waals surface area contributed by atoms with Gasteiger partial charge in [-0.3, -0.25) is 4.79 Å². The standard InChI is InChI=1S/C20H18N2O4S/c1-13-12-27-19(21-13)14-7-9-15(10-8-14)26-11-18(23)22-17-6-4-3-5-16(17)20(24)25-2/h3-10,12H,11H2,1-2H3,(H,22,23). The van der Waals surface area contributed by atoms with E-state index in [-0.39, 0.29) is 18.1 Å². The van der Waals surface area contributed by atoms with Gasteiger partial charge in [-0.05, 0) is 43.3 Å². The van der Waals surface area contributed by atoms with Gasteiger partial charge in [0, 0.05) is 16.6 Å². The molecular formula is C20H18N2O4S. The number of methoxy groups -OCH3 is 1. The van der Waals surface area contributed by atoms with E-state index in [2.05, 4.69) is 10.3 Å². The summed E-state index contributed by atoms with van der Waals surface area (Å²) in [5.41, 5.74) is 2.65. The van der Waals surface area contributed by atoms with Crippen LogP contribution in [0.5, 0.6) is 5.75 Å². The summed E-state index contributed by atoms with van der Waals surface area (Å²) in [4.78, 5) is 28.3. The summed E-state index contributed by atoms with van der Waals surface area (Å²) in [5.74, 6) is -0.311. The van der Waals surface area contributed by atoms with Crippen molar-refractivity contribution in [2.24, 2.45) is 0 Å². The number of rotatable bonds is 6. The maximum atomic E-state index is 12.1. The topological polar surface area (TPSA) is 77.5 Å². The van der Waals surface area contributed by atoms with E-state index in [1.54, 1.807) is 47.7 Å². The number of hydrogen-bond acceptors (Lipinski definition) is 6. The van der Waals surface area contributed by atoms with Crippen LogP contribution in [-0.2, 0) is 9.53 Å². The molecule has 0 bridgehead atoms. The Kier molecular flexibility index (Phi) is 5.83. The van der Waals surface area contributed by atoms with E-state index >= 15 is 0 Å². The second-order valence-corrected chi connectivity index (χ2v) is 6.55. The number of anilines is 1. The van der Waals surface area contributed by atoms with Crippen LogP contribution in [0.4, 0.5) is 5.69 Å². The van der Waals surface area contributed by atoms with Crippen LogP contribution in [0.1, 0.15) is 16.1 Å². The summed E-state index contributed by atoms with van der Waals surface area (Å²) in [7, 11) is 1.29. The summed E-state index contributed by atoms with van der Waals surface area (Å²) >= 11 is 1.58. The van der Waals surface area contributed by atoms with Gasteiger partial charge in [-0.15, -0.1) is 11.3 Å². The third kappa shape index (κ3) is 4.71. The van der Waals surface area contributed by atoms with Crippen molar-refractivity contribution in [1.82, 2.24) is 4.98 Å². The molecule has 0 atom stereocenters. The number of thiazole rings is 1. The van der Waals surface area contributed by atoms with Crippen LogP contribution in [0, 0.1) is 6.92 Å². The molecule has 1 N–H and O–H groups in total. The molecule has 0 aliphatic carbocycles. The number of carbonyl (C=O) groups is 2. The van der Waals surface area contributed by atoms with Crippen molar-refractivity contribution in [3.63, 3.8) is 0 Å². The number of esters is 1. The second kappa shape index (κ2) is 8.46. The molecule has 0 aliphatic heterocycles. The third-order valence-electron chi connectivity index (χ3n) is 3.70. The highest BCUT2D eigenvalue weighted by Gasteiger charge is 2.13. The van der Waals surface area contributed by atoms with E-state index in [9.17, 15) is 9.59 Å². The van der Waals surface area contributed by atoms with Gasteiger partial charge in [0.05, 0.1) is 18.4 Å². The van der Waals surface area contributed by atoms with E-state index < -0.39 is 5.97 Å². The highest BCUT2D eigenvalue weighted by Crippen LogP contribution is 2.25. The van der Waals surface area contributed by atoms with Gasteiger partial charge >= 0.3 is 5.97 Å². The number of amides is 1. The number of nitrogens with one attached hydrogen (secondary N) is 1. The molecule has 3 rings (SSSR count). The fourth-order valence-electron chi connectivity index (χ4n) is 2.40. The van der Waals surface area contributed by atoms with Crippen LogP contribution in [0.15, 0.2) is 53.9 Å². The monoisotopic (exact) mass is 382 g/mol. The quantitative estimate of drug-likeness (QED) is 0.654. The van der Waals surface area contributed by atoms with Gasteiger partial charge in [0.2, 0.25) is 0 Å². The van der Waals surface area contributed by atoms with Crippen LogP contribution in [0.3, 0.4) is 0 Å².